The molecule has 1 aliphatic heterocycles. The van der Waals surface area contributed by atoms with Crippen LogP contribution in [0.15, 0.2) is 18.6 Å². The van der Waals surface area contributed by atoms with Crippen molar-refractivity contribution in [3.63, 3.8) is 0 Å². The second-order valence-corrected chi connectivity index (χ2v) is 4.36. The van der Waals surface area contributed by atoms with Gasteiger partial charge in [-0.15, -0.1) is 10.2 Å². The van der Waals surface area contributed by atoms with Gasteiger partial charge in [-0.2, -0.15) is 0 Å². The molecule has 8 nitrogen and oxygen atoms in total. The number of pyridine rings is 1. The number of carbonyl (C=O) groups is 1. The number of rotatable bonds is 2. The molecule has 0 aromatic carbocycles. The van der Waals surface area contributed by atoms with E-state index < -0.39 is 5.91 Å². The van der Waals surface area contributed by atoms with Crippen LogP contribution in [0.2, 0.25) is 0 Å². The minimum atomic E-state index is -0.554. The fraction of sp³-hybridized carbons (Fsp3) is 0.273. The van der Waals surface area contributed by atoms with Crippen LogP contribution in [-0.2, 0) is 13.1 Å². The molecule has 0 spiro atoms. The lowest BCUT2D eigenvalue weighted by Crippen LogP contribution is -2.34. The highest BCUT2D eigenvalue weighted by Gasteiger charge is 2.20. The third-order valence-corrected chi connectivity index (χ3v) is 3.15. The van der Waals surface area contributed by atoms with E-state index in [9.17, 15) is 4.79 Å². The lowest BCUT2D eigenvalue weighted by Gasteiger charge is -2.28. The number of aromatic nitrogens is 4. The third-order valence-electron chi connectivity index (χ3n) is 3.15. The summed E-state index contributed by atoms with van der Waals surface area (Å²) in [6, 6.07) is 1.61. The fourth-order valence-electron chi connectivity index (χ4n) is 2.10. The highest BCUT2D eigenvalue weighted by Crippen LogP contribution is 2.21. The largest absolute Gasteiger partial charge is 0.397 e. The molecule has 0 aliphatic carbocycles. The normalized spacial score (nSPS) is 14.2. The molecule has 3 heterocycles. The molecule has 1 amide bonds. The number of nitrogens with two attached hydrogens (primary N) is 2. The first-order valence-corrected chi connectivity index (χ1v) is 5.82. The highest BCUT2D eigenvalue weighted by atomic mass is 16.1. The Morgan fingerprint density at radius 1 is 1.37 bits per heavy atom. The number of fused-ring (bicyclic) bond motifs is 1. The van der Waals surface area contributed by atoms with Gasteiger partial charge in [-0.1, -0.05) is 0 Å². The van der Waals surface area contributed by atoms with Crippen molar-refractivity contribution in [1.82, 2.24) is 19.7 Å². The predicted octanol–water partition coefficient (Wildman–Crippen LogP) is -0.626. The van der Waals surface area contributed by atoms with Crippen molar-refractivity contribution in [3.05, 3.63) is 30.0 Å². The zero-order valence-corrected chi connectivity index (χ0v) is 10.2. The van der Waals surface area contributed by atoms with E-state index in [1.807, 2.05) is 9.47 Å². The maximum atomic E-state index is 11.3. The van der Waals surface area contributed by atoms with E-state index in [4.69, 9.17) is 11.5 Å². The van der Waals surface area contributed by atoms with Crippen molar-refractivity contribution in [2.75, 3.05) is 17.2 Å². The minimum Gasteiger partial charge on any atom is -0.397 e. The molecule has 8 heteroatoms. The van der Waals surface area contributed by atoms with Crippen molar-refractivity contribution < 1.29 is 4.79 Å². The summed E-state index contributed by atoms with van der Waals surface area (Å²) in [7, 11) is 0. The maximum Gasteiger partial charge on any atom is 0.250 e. The number of amides is 1. The first kappa shape index (κ1) is 11.5. The average Bonchev–Trinajstić information content (AvgIpc) is 2.86. The summed E-state index contributed by atoms with van der Waals surface area (Å²) in [6.45, 7) is 2.13. The van der Waals surface area contributed by atoms with Gasteiger partial charge in [-0.05, 0) is 6.07 Å². The predicted molar refractivity (Wildman–Crippen MR) is 68.2 cm³/mol. The summed E-state index contributed by atoms with van der Waals surface area (Å²) < 4.78 is 1.99. The van der Waals surface area contributed by atoms with E-state index in [2.05, 4.69) is 15.2 Å². The molecule has 98 valence electrons. The zero-order chi connectivity index (χ0) is 13.4. The Morgan fingerprint density at radius 2 is 2.21 bits per heavy atom. The maximum absolute atomic E-state index is 11.3. The van der Waals surface area contributed by atoms with E-state index in [1.165, 1.54) is 6.20 Å². The summed E-state index contributed by atoms with van der Waals surface area (Å²) in [5, 5.41) is 7.90. The molecule has 0 radical (unpaired) electrons. The van der Waals surface area contributed by atoms with Gasteiger partial charge in [0.05, 0.1) is 24.0 Å². The Hall–Kier alpha value is -2.64. The number of hydrogen-bond acceptors (Lipinski definition) is 6. The van der Waals surface area contributed by atoms with E-state index in [0.29, 0.717) is 12.4 Å². The Morgan fingerprint density at radius 3 is 3.00 bits per heavy atom. The van der Waals surface area contributed by atoms with Gasteiger partial charge in [0.15, 0.2) is 5.82 Å². The van der Waals surface area contributed by atoms with Crippen molar-refractivity contribution in [2.45, 2.75) is 13.1 Å². The quantitative estimate of drug-likeness (QED) is 0.742. The molecule has 2 aromatic rings. The number of nitrogen functional groups attached to an aromatic ring is 1. The van der Waals surface area contributed by atoms with Crippen LogP contribution in [0, 0.1) is 0 Å². The van der Waals surface area contributed by atoms with Crippen LogP contribution in [0.1, 0.15) is 16.2 Å². The number of anilines is 2. The van der Waals surface area contributed by atoms with Crippen LogP contribution in [0.3, 0.4) is 0 Å². The van der Waals surface area contributed by atoms with Crippen molar-refractivity contribution >= 4 is 17.4 Å². The topological polar surface area (TPSA) is 116 Å². The van der Waals surface area contributed by atoms with Crippen molar-refractivity contribution in [3.8, 4) is 0 Å². The van der Waals surface area contributed by atoms with Gasteiger partial charge in [0.2, 0.25) is 0 Å². The van der Waals surface area contributed by atoms with Crippen LogP contribution in [-0.4, -0.2) is 32.2 Å². The Kier molecular flexibility index (Phi) is 2.55. The van der Waals surface area contributed by atoms with E-state index in [-0.39, 0.29) is 11.3 Å². The number of carbonyl (C=O) groups excluding carboxylic acids is 1. The summed E-state index contributed by atoms with van der Waals surface area (Å²) in [6.07, 6.45) is 3.16. The molecule has 1 aliphatic rings. The van der Waals surface area contributed by atoms with Crippen LogP contribution in [0.4, 0.5) is 11.5 Å². The van der Waals surface area contributed by atoms with E-state index >= 15 is 0 Å². The first-order chi connectivity index (χ1) is 9.15. The van der Waals surface area contributed by atoms with Crippen molar-refractivity contribution in [2.24, 2.45) is 5.73 Å². The number of hydrogen-bond donors (Lipinski definition) is 2. The van der Waals surface area contributed by atoms with Gasteiger partial charge in [0.25, 0.3) is 5.91 Å². The van der Waals surface area contributed by atoms with Gasteiger partial charge in [0, 0.05) is 13.1 Å². The molecule has 3 rings (SSSR count). The monoisotopic (exact) mass is 259 g/mol. The Balaban J connectivity index is 1.92. The SMILES string of the molecule is NC(=O)c1cc(N2CCn3cnnc3C2)ncc1N. The second-order valence-electron chi connectivity index (χ2n) is 4.36. The second kappa shape index (κ2) is 4.23. The lowest BCUT2D eigenvalue weighted by atomic mass is 10.2. The molecule has 0 saturated carbocycles. The minimum absolute atomic E-state index is 0.288. The fourth-order valence-corrected chi connectivity index (χ4v) is 2.10. The first-order valence-electron chi connectivity index (χ1n) is 5.82. The van der Waals surface area contributed by atoms with Gasteiger partial charge >= 0.3 is 0 Å². The van der Waals surface area contributed by atoms with Crippen LogP contribution < -0.4 is 16.4 Å². The molecule has 0 saturated heterocycles. The molecule has 0 atom stereocenters. The third kappa shape index (κ3) is 1.96. The summed E-state index contributed by atoms with van der Waals surface area (Å²) in [5.74, 6) is 0.976. The van der Waals surface area contributed by atoms with E-state index in [0.717, 1.165) is 18.9 Å². The summed E-state index contributed by atoms with van der Waals surface area (Å²) in [4.78, 5) is 17.5. The highest BCUT2D eigenvalue weighted by molar-refractivity contribution is 5.98. The van der Waals surface area contributed by atoms with Crippen LogP contribution in [0.25, 0.3) is 0 Å². The molecule has 0 unspecified atom stereocenters. The summed E-state index contributed by atoms with van der Waals surface area (Å²) in [5.41, 5.74) is 11.5. The molecule has 2 aromatic heterocycles. The van der Waals surface area contributed by atoms with Crippen molar-refractivity contribution in [1.29, 1.82) is 0 Å². The van der Waals surface area contributed by atoms with Crippen LogP contribution in [0.5, 0.6) is 0 Å². The molecule has 0 bridgehead atoms. The molecule has 4 N–H and O–H groups in total. The molecule has 0 fully saturated rings. The van der Waals surface area contributed by atoms with Gasteiger partial charge < -0.3 is 20.9 Å². The van der Waals surface area contributed by atoms with Gasteiger partial charge in [-0.25, -0.2) is 4.98 Å². The number of nitrogens with zero attached hydrogens (tertiary/aromatic N) is 5. The van der Waals surface area contributed by atoms with Gasteiger partial charge in [-0.3, -0.25) is 4.79 Å². The standard InChI is InChI=1S/C11H13N7O/c12-8-4-14-9(3-7(8)11(13)19)17-1-2-18-6-15-16-10(18)5-17/h3-4,6H,1-2,5,12H2,(H2,13,19). The van der Waals surface area contributed by atoms with Crippen LogP contribution >= 0.6 is 0 Å². The molecule has 19 heavy (non-hydrogen) atoms. The lowest BCUT2D eigenvalue weighted by molar-refractivity contribution is 0.100. The zero-order valence-electron chi connectivity index (χ0n) is 10.2. The molecular formula is C11H13N7O. The summed E-state index contributed by atoms with van der Waals surface area (Å²) >= 11 is 0. The number of primary amides is 1. The Bertz CT molecular complexity index is 636. The average molecular weight is 259 g/mol. The van der Waals surface area contributed by atoms with Gasteiger partial charge in [0.1, 0.15) is 12.1 Å². The molecular weight excluding hydrogens is 246 g/mol. The Labute approximate surface area is 109 Å². The van der Waals surface area contributed by atoms with E-state index in [1.54, 1.807) is 12.4 Å². The smallest absolute Gasteiger partial charge is 0.250 e.